The molecule has 132 valence electrons. The number of aryl methyl sites for hydroxylation is 1. The number of hydrogen-bond acceptors (Lipinski definition) is 7. The van der Waals surface area contributed by atoms with E-state index in [0.29, 0.717) is 5.56 Å². The molecule has 0 spiro atoms. The molecule has 2 bridgehead atoms. The second-order valence-corrected chi connectivity index (χ2v) is 6.56. The molecule has 2 saturated heterocycles. The predicted molar refractivity (Wildman–Crippen MR) is 82.4 cm³/mol. The molecule has 3 rings (SSSR count). The number of fused-ring (bicyclic) bond motifs is 2. The SMILES string of the molecule is Cc1cn([C@@H]2O[C@@]3(CO)CO[C@@H]2[C@@H]3O)c(=O)nc1NC(=O)C(C)C. The second kappa shape index (κ2) is 5.92. The molecule has 0 radical (unpaired) electrons. The monoisotopic (exact) mass is 339 g/mol. The molecule has 3 N–H and O–H groups in total. The third kappa shape index (κ3) is 2.53. The first kappa shape index (κ1) is 17.0. The van der Waals surface area contributed by atoms with Crippen LogP contribution in [0.25, 0.3) is 0 Å². The van der Waals surface area contributed by atoms with Gasteiger partial charge < -0.3 is 25.0 Å². The fourth-order valence-electron chi connectivity index (χ4n) is 2.89. The van der Waals surface area contributed by atoms with Gasteiger partial charge in [0.05, 0.1) is 13.2 Å². The van der Waals surface area contributed by atoms with Gasteiger partial charge in [-0.15, -0.1) is 0 Å². The molecule has 2 aliphatic rings. The lowest BCUT2D eigenvalue weighted by Gasteiger charge is -2.29. The molecule has 9 heteroatoms. The molecule has 0 aliphatic carbocycles. The van der Waals surface area contributed by atoms with Crippen LogP contribution in [0.3, 0.4) is 0 Å². The van der Waals surface area contributed by atoms with Crippen molar-refractivity contribution in [2.45, 2.75) is 44.8 Å². The van der Waals surface area contributed by atoms with Gasteiger partial charge in [-0.05, 0) is 6.92 Å². The van der Waals surface area contributed by atoms with Crippen LogP contribution in [0.1, 0.15) is 25.6 Å². The molecule has 0 unspecified atom stereocenters. The minimum Gasteiger partial charge on any atom is -0.393 e. The molecule has 1 aromatic heterocycles. The maximum atomic E-state index is 12.3. The summed E-state index contributed by atoms with van der Waals surface area (Å²) < 4.78 is 12.4. The number of nitrogens with zero attached hydrogens (tertiary/aromatic N) is 2. The lowest BCUT2D eigenvalue weighted by atomic mass is 10.0. The Kier molecular flexibility index (Phi) is 4.20. The molecule has 1 aromatic rings. The Morgan fingerprint density at radius 1 is 1.58 bits per heavy atom. The Morgan fingerprint density at radius 2 is 2.29 bits per heavy atom. The first-order valence-electron chi connectivity index (χ1n) is 7.78. The minimum absolute atomic E-state index is 0.0650. The van der Waals surface area contributed by atoms with Crippen LogP contribution in [-0.2, 0) is 14.3 Å². The summed E-state index contributed by atoms with van der Waals surface area (Å²) in [5.41, 5.74) is -1.28. The summed E-state index contributed by atoms with van der Waals surface area (Å²) in [6, 6.07) is 0. The van der Waals surface area contributed by atoms with Crippen LogP contribution in [0, 0.1) is 12.8 Å². The van der Waals surface area contributed by atoms with Gasteiger partial charge in [0.15, 0.2) is 6.23 Å². The summed E-state index contributed by atoms with van der Waals surface area (Å²) in [5.74, 6) is -0.288. The van der Waals surface area contributed by atoms with Crippen molar-refractivity contribution >= 4 is 11.7 Å². The van der Waals surface area contributed by atoms with E-state index in [4.69, 9.17) is 9.47 Å². The van der Waals surface area contributed by atoms with Crippen LogP contribution >= 0.6 is 0 Å². The number of carbonyl (C=O) groups is 1. The van der Waals surface area contributed by atoms with Crippen LogP contribution in [0.15, 0.2) is 11.0 Å². The molecule has 9 nitrogen and oxygen atoms in total. The number of hydrogen-bond donors (Lipinski definition) is 3. The highest BCUT2D eigenvalue weighted by molar-refractivity contribution is 5.91. The van der Waals surface area contributed by atoms with E-state index < -0.39 is 36.3 Å². The summed E-state index contributed by atoms with van der Waals surface area (Å²) >= 11 is 0. The fraction of sp³-hybridized carbons (Fsp3) is 0.667. The van der Waals surface area contributed by atoms with Gasteiger partial charge in [-0.3, -0.25) is 9.36 Å². The molecule has 2 aliphatic heterocycles. The van der Waals surface area contributed by atoms with E-state index in [1.165, 1.54) is 10.8 Å². The number of anilines is 1. The standard InChI is InChI=1S/C15H21N3O6/c1-7(2)12(21)16-11-8(3)4-18(14(22)17-11)13-9-10(20)15(5-19,24-13)6-23-9/h4,7,9-10,13,19-20H,5-6H2,1-3H3,(H,16,17,21,22)/t9-,10+,13-,15+/m1/s1. The van der Waals surface area contributed by atoms with Crippen molar-refractivity contribution in [3.05, 3.63) is 22.2 Å². The smallest absolute Gasteiger partial charge is 0.351 e. The van der Waals surface area contributed by atoms with E-state index >= 15 is 0 Å². The Morgan fingerprint density at radius 3 is 2.88 bits per heavy atom. The van der Waals surface area contributed by atoms with E-state index in [1.807, 2.05) is 0 Å². The topological polar surface area (TPSA) is 123 Å². The van der Waals surface area contributed by atoms with Crippen molar-refractivity contribution in [3.8, 4) is 0 Å². The number of aliphatic hydroxyl groups is 2. The van der Waals surface area contributed by atoms with Gasteiger partial charge >= 0.3 is 5.69 Å². The normalized spacial score (nSPS) is 31.7. The Labute approximate surface area is 138 Å². The Bertz CT molecular complexity index is 718. The molecule has 2 fully saturated rings. The van der Waals surface area contributed by atoms with Gasteiger partial charge in [-0.2, -0.15) is 4.98 Å². The van der Waals surface area contributed by atoms with E-state index in [9.17, 15) is 19.8 Å². The molecule has 24 heavy (non-hydrogen) atoms. The van der Waals surface area contributed by atoms with Gasteiger partial charge in [0, 0.05) is 17.7 Å². The Hall–Kier alpha value is -1.81. The molecule has 4 atom stereocenters. The maximum absolute atomic E-state index is 12.3. The van der Waals surface area contributed by atoms with Crippen LogP contribution in [-0.4, -0.2) is 56.7 Å². The third-order valence-corrected chi connectivity index (χ3v) is 4.45. The van der Waals surface area contributed by atoms with Gasteiger partial charge in [0.2, 0.25) is 5.91 Å². The van der Waals surface area contributed by atoms with Crippen molar-refractivity contribution in [1.29, 1.82) is 0 Å². The van der Waals surface area contributed by atoms with Crippen LogP contribution in [0.4, 0.5) is 5.82 Å². The van der Waals surface area contributed by atoms with Crippen molar-refractivity contribution in [3.63, 3.8) is 0 Å². The highest BCUT2D eigenvalue weighted by Gasteiger charge is 2.61. The number of ether oxygens (including phenoxy) is 2. The van der Waals surface area contributed by atoms with Crippen molar-refractivity contribution in [2.24, 2.45) is 5.92 Å². The highest BCUT2D eigenvalue weighted by atomic mass is 16.7. The average molecular weight is 339 g/mol. The summed E-state index contributed by atoms with van der Waals surface area (Å²) in [6.45, 7) is 4.83. The fourth-order valence-corrected chi connectivity index (χ4v) is 2.89. The molecule has 0 aromatic carbocycles. The predicted octanol–water partition coefficient (Wildman–Crippen LogP) is -0.834. The first-order chi connectivity index (χ1) is 11.3. The largest absolute Gasteiger partial charge is 0.393 e. The van der Waals surface area contributed by atoms with Gasteiger partial charge in [0.1, 0.15) is 23.6 Å². The first-order valence-corrected chi connectivity index (χ1v) is 7.78. The minimum atomic E-state index is -1.22. The zero-order chi connectivity index (χ0) is 17.6. The number of carbonyl (C=O) groups excluding carboxylic acids is 1. The molecular formula is C15H21N3O6. The number of rotatable bonds is 4. The lowest BCUT2D eigenvalue weighted by Crippen LogP contribution is -2.44. The van der Waals surface area contributed by atoms with Gasteiger partial charge in [-0.1, -0.05) is 13.8 Å². The molecule has 0 saturated carbocycles. The van der Waals surface area contributed by atoms with E-state index in [0.717, 1.165) is 0 Å². The summed E-state index contributed by atoms with van der Waals surface area (Å²) in [5, 5.41) is 22.3. The maximum Gasteiger partial charge on any atom is 0.351 e. The molecular weight excluding hydrogens is 318 g/mol. The quantitative estimate of drug-likeness (QED) is 0.654. The van der Waals surface area contributed by atoms with E-state index in [-0.39, 0.29) is 24.2 Å². The molecule has 1 amide bonds. The Balaban J connectivity index is 1.90. The zero-order valence-corrected chi connectivity index (χ0v) is 13.7. The van der Waals surface area contributed by atoms with Crippen LogP contribution in [0.5, 0.6) is 0 Å². The van der Waals surface area contributed by atoms with Gasteiger partial charge in [0.25, 0.3) is 0 Å². The van der Waals surface area contributed by atoms with E-state index in [1.54, 1.807) is 20.8 Å². The summed E-state index contributed by atoms with van der Waals surface area (Å²) in [6.07, 6.45) is -1.17. The number of aromatic nitrogens is 2. The van der Waals surface area contributed by atoms with Gasteiger partial charge in [-0.25, -0.2) is 4.79 Å². The van der Waals surface area contributed by atoms with Crippen molar-refractivity contribution in [2.75, 3.05) is 18.5 Å². The van der Waals surface area contributed by atoms with E-state index in [2.05, 4.69) is 10.3 Å². The van der Waals surface area contributed by atoms with Crippen molar-refractivity contribution in [1.82, 2.24) is 9.55 Å². The second-order valence-electron chi connectivity index (χ2n) is 6.56. The number of aliphatic hydroxyl groups excluding tert-OH is 2. The number of amides is 1. The third-order valence-electron chi connectivity index (χ3n) is 4.45. The highest BCUT2D eigenvalue weighted by Crippen LogP contribution is 2.44. The summed E-state index contributed by atoms with van der Waals surface area (Å²) in [4.78, 5) is 28.0. The zero-order valence-electron chi connectivity index (χ0n) is 13.7. The average Bonchev–Trinajstić information content (AvgIpc) is 3.01. The number of nitrogens with one attached hydrogen (secondary N) is 1. The molecule has 3 heterocycles. The lowest BCUT2D eigenvalue weighted by molar-refractivity contribution is -0.187. The van der Waals surface area contributed by atoms with Crippen molar-refractivity contribution < 1.29 is 24.5 Å². The van der Waals surface area contributed by atoms with Crippen LogP contribution < -0.4 is 11.0 Å². The van der Waals surface area contributed by atoms with Crippen LogP contribution in [0.2, 0.25) is 0 Å². The summed E-state index contributed by atoms with van der Waals surface area (Å²) in [7, 11) is 0.